The normalized spacial score (nSPS) is 15.5. The van der Waals surface area contributed by atoms with Crippen LogP contribution >= 0.6 is 11.6 Å². The molecule has 7 nitrogen and oxygen atoms in total. The van der Waals surface area contributed by atoms with Gasteiger partial charge in [-0.05, 0) is 31.0 Å². The number of piperidine rings is 1. The Bertz CT molecular complexity index is 704. The standard InChI is InChI=1S/C16H21ClN6O/c1-22-16(18)20-15(21-22)11-5-7-23(8-6-11)14(24)10-19-13-4-2-3-12(17)9-13/h2-4,9,11,19H,5-8,10H2,1H3,(H2,18,20,21). The first-order valence-electron chi connectivity index (χ1n) is 7.96. The van der Waals surface area contributed by atoms with Crippen LogP contribution in [0.25, 0.3) is 0 Å². The first kappa shape index (κ1) is 16.6. The fourth-order valence-electron chi connectivity index (χ4n) is 2.86. The molecule has 2 aromatic rings. The lowest BCUT2D eigenvalue weighted by Crippen LogP contribution is -2.41. The molecule has 1 amide bonds. The van der Waals surface area contributed by atoms with Crippen LogP contribution in [0.1, 0.15) is 24.6 Å². The average molecular weight is 349 g/mol. The Balaban J connectivity index is 1.50. The molecule has 0 aliphatic carbocycles. The van der Waals surface area contributed by atoms with E-state index >= 15 is 0 Å². The van der Waals surface area contributed by atoms with Gasteiger partial charge < -0.3 is 16.0 Å². The molecule has 1 aliphatic heterocycles. The molecule has 1 fully saturated rings. The zero-order chi connectivity index (χ0) is 17.1. The number of hydrogen-bond acceptors (Lipinski definition) is 5. The summed E-state index contributed by atoms with van der Waals surface area (Å²) in [7, 11) is 1.78. The summed E-state index contributed by atoms with van der Waals surface area (Å²) < 4.78 is 1.59. The third-order valence-corrected chi connectivity index (χ3v) is 4.53. The lowest BCUT2D eigenvalue weighted by molar-refractivity contribution is -0.130. The number of hydrogen-bond donors (Lipinski definition) is 2. The molecule has 24 heavy (non-hydrogen) atoms. The van der Waals surface area contributed by atoms with E-state index in [1.54, 1.807) is 23.9 Å². The highest BCUT2D eigenvalue weighted by molar-refractivity contribution is 6.30. The zero-order valence-electron chi connectivity index (χ0n) is 13.6. The van der Waals surface area contributed by atoms with Crippen molar-refractivity contribution < 1.29 is 4.79 Å². The largest absolute Gasteiger partial charge is 0.376 e. The molecular weight excluding hydrogens is 328 g/mol. The number of nitrogen functional groups attached to an aromatic ring is 1. The van der Waals surface area contributed by atoms with Crippen LogP contribution in [0.5, 0.6) is 0 Å². The number of amides is 1. The smallest absolute Gasteiger partial charge is 0.241 e. The third kappa shape index (κ3) is 3.79. The molecule has 0 saturated carbocycles. The van der Waals surface area contributed by atoms with Gasteiger partial charge in [-0.3, -0.25) is 4.79 Å². The fraction of sp³-hybridized carbons (Fsp3) is 0.438. The number of benzene rings is 1. The SMILES string of the molecule is Cn1nc(C2CCN(C(=O)CNc3cccc(Cl)c3)CC2)nc1N. The molecule has 1 aliphatic rings. The fourth-order valence-corrected chi connectivity index (χ4v) is 3.06. The van der Waals surface area contributed by atoms with Crippen LogP contribution in [0, 0.1) is 0 Å². The molecule has 0 radical (unpaired) electrons. The quantitative estimate of drug-likeness (QED) is 0.880. The van der Waals surface area contributed by atoms with Gasteiger partial charge in [0, 0.05) is 36.8 Å². The maximum Gasteiger partial charge on any atom is 0.241 e. The number of carbonyl (C=O) groups excluding carboxylic acids is 1. The maximum atomic E-state index is 12.3. The van der Waals surface area contributed by atoms with Gasteiger partial charge in [0.25, 0.3) is 0 Å². The Hall–Kier alpha value is -2.28. The third-order valence-electron chi connectivity index (χ3n) is 4.29. The number of likely N-dealkylation sites (tertiary alicyclic amines) is 1. The Kier molecular flexibility index (Phi) is 4.89. The molecule has 128 valence electrons. The van der Waals surface area contributed by atoms with Gasteiger partial charge in [0.15, 0.2) is 5.82 Å². The van der Waals surface area contributed by atoms with Crippen molar-refractivity contribution in [2.24, 2.45) is 7.05 Å². The number of nitrogens with two attached hydrogens (primary N) is 1. The Labute approximate surface area is 145 Å². The molecule has 2 heterocycles. The van der Waals surface area contributed by atoms with Crippen molar-refractivity contribution in [1.29, 1.82) is 0 Å². The van der Waals surface area contributed by atoms with E-state index < -0.39 is 0 Å². The van der Waals surface area contributed by atoms with Crippen LogP contribution in [-0.4, -0.2) is 45.2 Å². The van der Waals surface area contributed by atoms with Crippen LogP contribution in [0.15, 0.2) is 24.3 Å². The number of nitrogens with zero attached hydrogens (tertiary/aromatic N) is 4. The van der Waals surface area contributed by atoms with Crippen molar-refractivity contribution in [1.82, 2.24) is 19.7 Å². The first-order chi connectivity index (χ1) is 11.5. The van der Waals surface area contributed by atoms with Gasteiger partial charge in [0.2, 0.25) is 11.9 Å². The van der Waals surface area contributed by atoms with Crippen molar-refractivity contribution in [3.8, 4) is 0 Å². The second-order valence-corrected chi connectivity index (χ2v) is 6.41. The highest BCUT2D eigenvalue weighted by atomic mass is 35.5. The van der Waals surface area contributed by atoms with E-state index in [2.05, 4.69) is 15.4 Å². The Morgan fingerprint density at radius 3 is 2.79 bits per heavy atom. The molecule has 3 N–H and O–H groups in total. The highest BCUT2D eigenvalue weighted by Gasteiger charge is 2.26. The minimum Gasteiger partial charge on any atom is -0.376 e. The molecule has 1 aromatic heterocycles. The van der Waals surface area contributed by atoms with Crippen molar-refractivity contribution in [3.05, 3.63) is 35.1 Å². The number of halogens is 1. The molecular formula is C16H21ClN6O. The second kappa shape index (κ2) is 7.09. The molecule has 1 saturated heterocycles. The maximum absolute atomic E-state index is 12.3. The summed E-state index contributed by atoms with van der Waals surface area (Å²) in [6.45, 7) is 1.68. The summed E-state index contributed by atoms with van der Waals surface area (Å²) in [5.74, 6) is 1.55. The van der Waals surface area contributed by atoms with Crippen LogP contribution < -0.4 is 11.1 Å². The molecule has 0 bridgehead atoms. The van der Waals surface area contributed by atoms with Crippen LogP contribution in [-0.2, 0) is 11.8 Å². The minimum atomic E-state index is 0.0851. The Morgan fingerprint density at radius 2 is 2.17 bits per heavy atom. The monoisotopic (exact) mass is 348 g/mol. The van der Waals surface area contributed by atoms with Crippen molar-refractivity contribution in [3.63, 3.8) is 0 Å². The van der Waals surface area contributed by atoms with Gasteiger partial charge in [0.1, 0.15) is 0 Å². The van der Waals surface area contributed by atoms with Crippen LogP contribution in [0.3, 0.4) is 0 Å². The van der Waals surface area contributed by atoms with Crippen LogP contribution in [0.4, 0.5) is 11.6 Å². The van der Waals surface area contributed by atoms with E-state index in [1.807, 2.05) is 17.0 Å². The summed E-state index contributed by atoms with van der Waals surface area (Å²) in [5.41, 5.74) is 6.58. The van der Waals surface area contributed by atoms with Crippen molar-refractivity contribution >= 4 is 29.1 Å². The molecule has 3 rings (SSSR count). The predicted molar refractivity (Wildman–Crippen MR) is 93.9 cm³/mol. The van der Waals surface area contributed by atoms with E-state index in [0.717, 1.165) is 24.4 Å². The summed E-state index contributed by atoms with van der Waals surface area (Å²) in [6.07, 6.45) is 1.71. The number of anilines is 2. The van der Waals surface area contributed by atoms with Crippen LogP contribution in [0.2, 0.25) is 5.02 Å². The summed E-state index contributed by atoms with van der Waals surface area (Å²) in [4.78, 5) is 18.5. The molecule has 0 atom stereocenters. The number of rotatable bonds is 4. The number of carbonyl (C=O) groups is 1. The van der Waals surface area contributed by atoms with Crippen molar-refractivity contribution in [2.75, 3.05) is 30.7 Å². The molecule has 0 spiro atoms. The summed E-state index contributed by atoms with van der Waals surface area (Å²) in [5, 5.41) is 8.10. The molecule has 8 heteroatoms. The van der Waals surface area contributed by atoms with E-state index in [4.69, 9.17) is 17.3 Å². The van der Waals surface area contributed by atoms with Gasteiger partial charge >= 0.3 is 0 Å². The zero-order valence-corrected chi connectivity index (χ0v) is 14.3. The molecule has 0 unspecified atom stereocenters. The van der Waals surface area contributed by atoms with Gasteiger partial charge in [-0.15, -0.1) is 0 Å². The van der Waals surface area contributed by atoms with Crippen molar-refractivity contribution in [2.45, 2.75) is 18.8 Å². The van der Waals surface area contributed by atoms with Gasteiger partial charge in [-0.2, -0.15) is 10.1 Å². The van der Waals surface area contributed by atoms with Gasteiger partial charge in [-0.25, -0.2) is 4.68 Å². The first-order valence-corrected chi connectivity index (χ1v) is 8.34. The second-order valence-electron chi connectivity index (χ2n) is 5.97. The van der Waals surface area contributed by atoms with E-state index in [-0.39, 0.29) is 18.4 Å². The lowest BCUT2D eigenvalue weighted by atomic mass is 9.96. The highest BCUT2D eigenvalue weighted by Crippen LogP contribution is 2.26. The Morgan fingerprint density at radius 1 is 1.42 bits per heavy atom. The predicted octanol–water partition coefficient (Wildman–Crippen LogP) is 1.87. The number of aryl methyl sites for hydroxylation is 1. The molecule has 1 aromatic carbocycles. The number of nitrogens with one attached hydrogen (secondary N) is 1. The number of aromatic nitrogens is 3. The van der Waals surface area contributed by atoms with E-state index in [0.29, 0.717) is 24.1 Å². The minimum absolute atomic E-state index is 0.0851. The summed E-state index contributed by atoms with van der Waals surface area (Å²) in [6, 6.07) is 7.35. The topological polar surface area (TPSA) is 89.1 Å². The average Bonchev–Trinajstić information content (AvgIpc) is 2.92. The van der Waals surface area contributed by atoms with E-state index in [1.165, 1.54) is 0 Å². The van der Waals surface area contributed by atoms with Gasteiger partial charge in [0.05, 0.1) is 6.54 Å². The lowest BCUT2D eigenvalue weighted by Gasteiger charge is -2.31. The van der Waals surface area contributed by atoms with E-state index in [9.17, 15) is 4.79 Å². The summed E-state index contributed by atoms with van der Waals surface area (Å²) >= 11 is 5.94. The van der Waals surface area contributed by atoms with Gasteiger partial charge in [-0.1, -0.05) is 17.7 Å².